The fourth-order valence-electron chi connectivity index (χ4n) is 1.65. The second-order valence-electron chi connectivity index (χ2n) is 4.33. The molecule has 0 aromatic heterocycles. The van der Waals surface area contributed by atoms with Gasteiger partial charge in [-0.05, 0) is 12.5 Å². The molecule has 1 rings (SSSR count). The fraction of sp³-hybridized carbons (Fsp3) is 0.462. The van der Waals surface area contributed by atoms with Crippen molar-refractivity contribution in [3.63, 3.8) is 0 Å². The topological polar surface area (TPSA) is 107 Å². The number of nitro groups is 1. The van der Waals surface area contributed by atoms with E-state index in [1.54, 1.807) is 0 Å². The van der Waals surface area contributed by atoms with Gasteiger partial charge in [-0.1, -0.05) is 13.3 Å². The molecule has 0 spiro atoms. The summed E-state index contributed by atoms with van der Waals surface area (Å²) in [4.78, 5) is 21.8. The Balaban J connectivity index is 2.66. The van der Waals surface area contributed by atoms with E-state index in [4.69, 9.17) is 10.5 Å². The van der Waals surface area contributed by atoms with Gasteiger partial charge in [-0.2, -0.15) is 0 Å². The quantitative estimate of drug-likeness (QED) is 0.330. The van der Waals surface area contributed by atoms with Crippen LogP contribution in [0.2, 0.25) is 0 Å². The average Bonchev–Trinajstić information content (AvgIpc) is 2.42. The molecule has 0 saturated carbocycles. The van der Waals surface area contributed by atoms with Crippen molar-refractivity contribution in [2.45, 2.75) is 19.8 Å². The Morgan fingerprint density at radius 2 is 2.19 bits per heavy atom. The number of nitrogen functional groups attached to an aromatic ring is 1. The number of halogens is 1. The summed E-state index contributed by atoms with van der Waals surface area (Å²) in [5.74, 6) is -1.70. The smallest absolute Gasteiger partial charge is 0.293 e. The molecule has 116 valence electrons. The van der Waals surface area contributed by atoms with Crippen LogP contribution >= 0.6 is 0 Å². The first-order chi connectivity index (χ1) is 9.99. The minimum atomic E-state index is -0.900. The molecule has 1 amide bonds. The van der Waals surface area contributed by atoms with Crippen LogP contribution in [0.4, 0.5) is 15.8 Å². The first kappa shape index (κ1) is 16.8. The summed E-state index contributed by atoms with van der Waals surface area (Å²) >= 11 is 0. The number of carbonyl (C=O) groups excluding carboxylic acids is 1. The summed E-state index contributed by atoms with van der Waals surface area (Å²) < 4.78 is 18.9. The minimum absolute atomic E-state index is 0.171. The van der Waals surface area contributed by atoms with E-state index in [-0.39, 0.29) is 13.2 Å². The molecule has 0 bridgehead atoms. The second kappa shape index (κ2) is 8.15. The van der Waals surface area contributed by atoms with Gasteiger partial charge in [-0.25, -0.2) is 4.39 Å². The summed E-state index contributed by atoms with van der Waals surface area (Å²) in [6.45, 7) is 3.06. The number of nitro benzene ring substituents is 1. The Bertz CT molecular complexity index is 522. The number of anilines is 1. The average molecular weight is 299 g/mol. The third kappa shape index (κ3) is 4.67. The third-order valence-corrected chi connectivity index (χ3v) is 2.77. The molecular formula is C13H18FN3O4. The predicted octanol–water partition coefficient (Wildman–Crippen LogP) is 1.86. The molecule has 0 aliphatic rings. The van der Waals surface area contributed by atoms with Gasteiger partial charge >= 0.3 is 0 Å². The van der Waals surface area contributed by atoms with Gasteiger partial charge in [0.25, 0.3) is 11.6 Å². The zero-order chi connectivity index (χ0) is 15.8. The van der Waals surface area contributed by atoms with Crippen molar-refractivity contribution in [2.75, 3.05) is 25.5 Å². The number of amides is 1. The van der Waals surface area contributed by atoms with Crippen molar-refractivity contribution >= 4 is 17.3 Å². The van der Waals surface area contributed by atoms with Gasteiger partial charge in [0.05, 0.1) is 11.5 Å². The van der Waals surface area contributed by atoms with Crippen LogP contribution in [-0.2, 0) is 4.74 Å². The van der Waals surface area contributed by atoms with Crippen LogP contribution < -0.4 is 11.1 Å². The van der Waals surface area contributed by atoms with Crippen molar-refractivity contribution in [1.82, 2.24) is 5.32 Å². The van der Waals surface area contributed by atoms with E-state index in [1.165, 1.54) is 0 Å². The Hall–Kier alpha value is -2.22. The Morgan fingerprint density at radius 1 is 1.48 bits per heavy atom. The maximum absolute atomic E-state index is 13.6. The van der Waals surface area contributed by atoms with Gasteiger partial charge in [0.2, 0.25) is 0 Å². The minimum Gasteiger partial charge on any atom is -0.392 e. The number of hydrogen-bond donors (Lipinski definition) is 2. The zero-order valence-corrected chi connectivity index (χ0v) is 11.7. The number of benzene rings is 1. The largest absolute Gasteiger partial charge is 0.392 e. The highest BCUT2D eigenvalue weighted by molar-refractivity contribution is 6.01. The number of rotatable bonds is 8. The van der Waals surface area contributed by atoms with E-state index >= 15 is 0 Å². The molecule has 0 fully saturated rings. The molecule has 0 atom stereocenters. The normalized spacial score (nSPS) is 10.4. The molecule has 7 nitrogen and oxygen atoms in total. The van der Waals surface area contributed by atoms with Crippen molar-refractivity contribution in [3.05, 3.63) is 33.6 Å². The van der Waals surface area contributed by atoms with E-state index in [2.05, 4.69) is 5.32 Å². The highest BCUT2D eigenvalue weighted by Gasteiger charge is 2.23. The van der Waals surface area contributed by atoms with Crippen molar-refractivity contribution in [2.24, 2.45) is 0 Å². The lowest BCUT2D eigenvalue weighted by Gasteiger charge is -2.09. The van der Waals surface area contributed by atoms with Crippen LogP contribution in [-0.4, -0.2) is 30.6 Å². The van der Waals surface area contributed by atoms with Crippen molar-refractivity contribution in [1.29, 1.82) is 0 Å². The van der Waals surface area contributed by atoms with E-state index in [9.17, 15) is 19.3 Å². The van der Waals surface area contributed by atoms with Crippen molar-refractivity contribution < 1.29 is 18.8 Å². The summed E-state index contributed by atoms with van der Waals surface area (Å²) in [5, 5.41) is 13.1. The first-order valence-electron chi connectivity index (χ1n) is 6.57. The number of unbranched alkanes of at least 4 members (excludes halogenated alkanes) is 1. The lowest BCUT2D eigenvalue weighted by atomic mass is 10.1. The highest BCUT2D eigenvalue weighted by Crippen LogP contribution is 2.27. The summed E-state index contributed by atoms with van der Waals surface area (Å²) in [5.41, 5.74) is 3.98. The summed E-state index contributed by atoms with van der Waals surface area (Å²) in [6, 6.07) is 1.77. The Morgan fingerprint density at radius 3 is 2.81 bits per heavy atom. The molecule has 8 heteroatoms. The molecule has 21 heavy (non-hydrogen) atoms. The summed E-state index contributed by atoms with van der Waals surface area (Å²) in [7, 11) is 0. The number of nitrogens with one attached hydrogen (secondary N) is 1. The molecule has 0 aliphatic heterocycles. The molecule has 0 heterocycles. The fourth-order valence-corrected chi connectivity index (χ4v) is 1.65. The van der Waals surface area contributed by atoms with Gasteiger partial charge < -0.3 is 15.8 Å². The number of ether oxygens (including phenoxy) is 1. The van der Waals surface area contributed by atoms with Crippen LogP contribution in [0.5, 0.6) is 0 Å². The second-order valence-corrected chi connectivity index (χ2v) is 4.33. The molecule has 0 radical (unpaired) electrons. The Labute approximate surface area is 121 Å². The van der Waals surface area contributed by atoms with E-state index < -0.39 is 33.6 Å². The summed E-state index contributed by atoms with van der Waals surface area (Å²) in [6.07, 6.45) is 1.92. The molecule has 1 aromatic carbocycles. The standard InChI is InChI=1S/C13H18FN3O4/c1-2-3-7-21-8-6-16-13(18)11-9(14)4-5-10(12(11)15)17(19)20/h4-5H,2-3,6-8,15H2,1H3,(H,16,18). The van der Waals surface area contributed by atoms with E-state index in [0.717, 1.165) is 25.0 Å². The molecule has 3 N–H and O–H groups in total. The van der Waals surface area contributed by atoms with Crippen LogP contribution in [0.15, 0.2) is 12.1 Å². The maximum atomic E-state index is 13.6. The van der Waals surface area contributed by atoms with Gasteiger partial charge in [0, 0.05) is 19.2 Å². The number of carbonyl (C=O) groups is 1. The monoisotopic (exact) mass is 299 g/mol. The number of hydrogen-bond acceptors (Lipinski definition) is 5. The van der Waals surface area contributed by atoms with Gasteiger partial charge in [-0.3, -0.25) is 14.9 Å². The first-order valence-corrected chi connectivity index (χ1v) is 6.57. The maximum Gasteiger partial charge on any atom is 0.293 e. The Kier molecular flexibility index (Phi) is 6.54. The SMILES string of the molecule is CCCCOCCNC(=O)c1c(F)ccc([N+](=O)[O-])c1N. The van der Waals surface area contributed by atoms with Gasteiger partial charge in [-0.15, -0.1) is 0 Å². The molecule has 0 aliphatic carbocycles. The van der Waals surface area contributed by atoms with Gasteiger partial charge in [0.15, 0.2) is 0 Å². The molecular weight excluding hydrogens is 281 g/mol. The number of nitrogens with zero attached hydrogens (tertiary/aromatic N) is 1. The van der Waals surface area contributed by atoms with E-state index in [0.29, 0.717) is 6.61 Å². The molecule has 0 saturated heterocycles. The van der Waals surface area contributed by atoms with Crippen LogP contribution in [0, 0.1) is 15.9 Å². The molecule has 1 aromatic rings. The molecule has 0 unspecified atom stereocenters. The lowest BCUT2D eigenvalue weighted by molar-refractivity contribution is -0.384. The van der Waals surface area contributed by atoms with Crippen molar-refractivity contribution in [3.8, 4) is 0 Å². The zero-order valence-electron chi connectivity index (χ0n) is 11.7. The lowest BCUT2D eigenvalue weighted by Crippen LogP contribution is -2.29. The predicted molar refractivity (Wildman–Crippen MR) is 75.5 cm³/mol. The van der Waals surface area contributed by atoms with Crippen LogP contribution in [0.3, 0.4) is 0 Å². The van der Waals surface area contributed by atoms with Gasteiger partial charge in [0.1, 0.15) is 17.1 Å². The number of nitrogens with two attached hydrogens (primary N) is 1. The highest BCUT2D eigenvalue weighted by atomic mass is 19.1. The van der Waals surface area contributed by atoms with Crippen LogP contribution in [0.25, 0.3) is 0 Å². The van der Waals surface area contributed by atoms with Crippen LogP contribution in [0.1, 0.15) is 30.1 Å². The van der Waals surface area contributed by atoms with E-state index in [1.807, 2.05) is 6.92 Å². The third-order valence-electron chi connectivity index (χ3n) is 2.77.